The maximum Gasteiger partial charge on any atom is 0.252 e. The van der Waals surface area contributed by atoms with Crippen molar-refractivity contribution in [3.63, 3.8) is 0 Å². The van der Waals surface area contributed by atoms with Gasteiger partial charge in [0.15, 0.2) is 5.96 Å². The number of benzene rings is 1. The van der Waals surface area contributed by atoms with Gasteiger partial charge in [-0.1, -0.05) is 30.2 Å². The highest BCUT2D eigenvalue weighted by Gasteiger charge is 2.16. The number of hydrogen-bond donors (Lipinski definition) is 3. The Kier molecular flexibility index (Phi) is 8.55. The minimum atomic E-state index is -0.188. The van der Waals surface area contributed by atoms with Gasteiger partial charge in [-0.3, -0.25) is 9.79 Å². The van der Waals surface area contributed by atoms with Gasteiger partial charge in [-0.2, -0.15) is 0 Å². The fourth-order valence-electron chi connectivity index (χ4n) is 2.07. The number of carbonyl (C=O) groups excluding carboxylic acids is 1. The molecule has 1 aliphatic carbocycles. The van der Waals surface area contributed by atoms with Crippen molar-refractivity contribution in [3.05, 3.63) is 34.9 Å². The van der Waals surface area contributed by atoms with Crippen LogP contribution in [-0.2, 0) is 0 Å². The quantitative estimate of drug-likeness (QED) is 0.277. The van der Waals surface area contributed by atoms with Crippen LogP contribution in [-0.4, -0.2) is 31.5 Å². The van der Waals surface area contributed by atoms with Crippen LogP contribution < -0.4 is 16.4 Å². The molecule has 0 aliphatic heterocycles. The van der Waals surface area contributed by atoms with Crippen LogP contribution in [0.3, 0.4) is 0 Å². The molecule has 0 aromatic heterocycles. The molecule has 7 heteroatoms. The average molecular weight is 437 g/mol. The SMILES string of the molecule is I.NC(=NCC1CCC1)NCCNC(=O)c1ccccc1Cl. The van der Waals surface area contributed by atoms with Crippen LogP contribution in [0.1, 0.15) is 29.6 Å². The molecule has 0 unspecified atom stereocenters. The first-order valence-corrected chi connectivity index (χ1v) is 7.61. The van der Waals surface area contributed by atoms with Gasteiger partial charge < -0.3 is 16.4 Å². The second kappa shape index (κ2) is 9.89. The number of amides is 1. The Bertz CT molecular complexity index is 520. The number of halogens is 2. The lowest BCUT2D eigenvalue weighted by atomic mass is 9.86. The van der Waals surface area contributed by atoms with Crippen molar-refractivity contribution in [1.82, 2.24) is 10.6 Å². The average Bonchev–Trinajstić information content (AvgIpc) is 2.42. The second-order valence-corrected chi connectivity index (χ2v) is 5.59. The second-order valence-electron chi connectivity index (χ2n) is 5.19. The monoisotopic (exact) mass is 436 g/mol. The molecule has 0 radical (unpaired) electrons. The molecule has 0 atom stereocenters. The van der Waals surface area contributed by atoms with Gasteiger partial charge in [0, 0.05) is 19.6 Å². The van der Waals surface area contributed by atoms with E-state index in [1.54, 1.807) is 24.3 Å². The summed E-state index contributed by atoms with van der Waals surface area (Å²) in [7, 11) is 0. The summed E-state index contributed by atoms with van der Waals surface area (Å²) in [5, 5.41) is 6.22. The zero-order valence-corrected chi connectivity index (χ0v) is 15.4. The van der Waals surface area contributed by atoms with E-state index in [0.717, 1.165) is 6.54 Å². The lowest BCUT2D eigenvalue weighted by Crippen LogP contribution is -2.38. The lowest BCUT2D eigenvalue weighted by molar-refractivity contribution is 0.0954. The van der Waals surface area contributed by atoms with Gasteiger partial charge in [0.1, 0.15) is 0 Å². The fourth-order valence-corrected chi connectivity index (χ4v) is 2.29. The summed E-state index contributed by atoms with van der Waals surface area (Å²) in [6.45, 7) is 1.80. The van der Waals surface area contributed by atoms with Crippen molar-refractivity contribution in [2.75, 3.05) is 19.6 Å². The molecule has 1 aromatic carbocycles. The molecule has 1 amide bonds. The Hall–Kier alpha value is -1.02. The standard InChI is InChI=1S/C15H21ClN4O.HI/c16-13-7-2-1-6-12(13)14(21)18-8-9-19-15(17)20-10-11-4-3-5-11;/h1-2,6-7,11H,3-5,8-10H2,(H,18,21)(H3,17,19,20);1H. The zero-order valence-electron chi connectivity index (χ0n) is 12.3. The Morgan fingerprint density at radius 2 is 1.95 bits per heavy atom. The Morgan fingerprint density at radius 3 is 2.59 bits per heavy atom. The van der Waals surface area contributed by atoms with Crippen LogP contribution >= 0.6 is 35.6 Å². The molecule has 1 fully saturated rings. The van der Waals surface area contributed by atoms with E-state index in [-0.39, 0.29) is 29.9 Å². The maximum absolute atomic E-state index is 11.9. The van der Waals surface area contributed by atoms with Gasteiger partial charge in [0.05, 0.1) is 10.6 Å². The fraction of sp³-hybridized carbons (Fsp3) is 0.467. The number of aliphatic imine (C=N–C) groups is 1. The minimum absolute atomic E-state index is 0. The van der Waals surface area contributed by atoms with Gasteiger partial charge in [-0.05, 0) is 30.9 Å². The summed E-state index contributed by atoms with van der Waals surface area (Å²) in [6.07, 6.45) is 3.82. The molecule has 0 heterocycles. The maximum atomic E-state index is 11.9. The van der Waals surface area contributed by atoms with E-state index < -0.39 is 0 Å². The smallest absolute Gasteiger partial charge is 0.252 e. The van der Waals surface area contributed by atoms with E-state index in [1.165, 1.54) is 19.3 Å². The number of rotatable bonds is 6. The topological polar surface area (TPSA) is 79.5 Å². The predicted octanol–water partition coefficient (Wildman–Crippen LogP) is 2.39. The molecule has 2 rings (SSSR count). The van der Waals surface area contributed by atoms with Gasteiger partial charge in [-0.15, -0.1) is 24.0 Å². The van der Waals surface area contributed by atoms with E-state index in [4.69, 9.17) is 17.3 Å². The summed E-state index contributed by atoms with van der Waals surface area (Å²) in [4.78, 5) is 16.2. The molecule has 5 nitrogen and oxygen atoms in total. The highest BCUT2D eigenvalue weighted by atomic mass is 127. The number of nitrogens with zero attached hydrogens (tertiary/aromatic N) is 1. The van der Waals surface area contributed by atoms with Crippen LogP contribution in [0.15, 0.2) is 29.3 Å². The zero-order chi connectivity index (χ0) is 15.1. The lowest BCUT2D eigenvalue weighted by Gasteiger charge is -2.23. The van der Waals surface area contributed by atoms with Gasteiger partial charge >= 0.3 is 0 Å². The highest BCUT2D eigenvalue weighted by Crippen LogP contribution is 2.26. The molecule has 4 N–H and O–H groups in total. The van der Waals surface area contributed by atoms with Crippen molar-refractivity contribution < 1.29 is 4.79 Å². The molecule has 1 saturated carbocycles. The van der Waals surface area contributed by atoms with Crippen LogP contribution in [0.2, 0.25) is 5.02 Å². The first-order chi connectivity index (χ1) is 10.2. The molecule has 0 spiro atoms. The normalized spacial score (nSPS) is 14.7. The molecule has 0 bridgehead atoms. The number of hydrogen-bond acceptors (Lipinski definition) is 2. The van der Waals surface area contributed by atoms with E-state index >= 15 is 0 Å². The molecule has 22 heavy (non-hydrogen) atoms. The highest BCUT2D eigenvalue weighted by molar-refractivity contribution is 14.0. The van der Waals surface area contributed by atoms with E-state index in [9.17, 15) is 4.79 Å². The first-order valence-electron chi connectivity index (χ1n) is 7.23. The van der Waals surface area contributed by atoms with Crippen molar-refractivity contribution in [2.24, 2.45) is 16.6 Å². The van der Waals surface area contributed by atoms with Gasteiger partial charge in [0.25, 0.3) is 5.91 Å². The number of carbonyl (C=O) groups is 1. The van der Waals surface area contributed by atoms with E-state index in [0.29, 0.717) is 35.6 Å². The Labute approximate surface area is 153 Å². The Balaban J connectivity index is 0.00000242. The third kappa shape index (κ3) is 6.00. The largest absolute Gasteiger partial charge is 0.370 e. The minimum Gasteiger partial charge on any atom is -0.370 e. The third-order valence-corrected chi connectivity index (χ3v) is 3.91. The van der Waals surface area contributed by atoms with Crippen LogP contribution in [0.5, 0.6) is 0 Å². The summed E-state index contributed by atoms with van der Waals surface area (Å²) in [6, 6.07) is 6.96. The molecule has 0 saturated heterocycles. The summed E-state index contributed by atoms with van der Waals surface area (Å²) in [5.41, 5.74) is 6.24. The molecule has 122 valence electrons. The van der Waals surface area contributed by atoms with Gasteiger partial charge in [0.2, 0.25) is 0 Å². The van der Waals surface area contributed by atoms with Crippen molar-refractivity contribution in [3.8, 4) is 0 Å². The summed E-state index contributed by atoms with van der Waals surface area (Å²) >= 11 is 5.96. The van der Waals surface area contributed by atoms with E-state index in [1.807, 2.05) is 0 Å². The van der Waals surface area contributed by atoms with Crippen molar-refractivity contribution >= 4 is 47.4 Å². The summed E-state index contributed by atoms with van der Waals surface area (Å²) in [5.74, 6) is 0.951. The Morgan fingerprint density at radius 1 is 1.27 bits per heavy atom. The van der Waals surface area contributed by atoms with Crippen LogP contribution in [0.4, 0.5) is 0 Å². The third-order valence-electron chi connectivity index (χ3n) is 3.58. The molecule has 1 aliphatic rings. The number of nitrogens with two attached hydrogens (primary N) is 1. The van der Waals surface area contributed by atoms with Crippen LogP contribution in [0.25, 0.3) is 0 Å². The van der Waals surface area contributed by atoms with Crippen molar-refractivity contribution in [1.29, 1.82) is 0 Å². The number of nitrogens with one attached hydrogen (secondary N) is 2. The van der Waals surface area contributed by atoms with E-state index in [2.05, 4.69) is 15.6 Å². The van der Waals surface area contributed by atoms with Crippen LogP contribution in [0, 0.1) is 5.92 Å². The predicted molar refractivity (Wildman–Crippen MR) is 101 cm³/mol. The first kappa shape index (κ1) is 19.0. The van der Waals surface area contributed by atoms with Gasteiger partial charge in [-0.25, -0.2) is 0 Å². The molecular weight excluding hydrogens is 415 g/mol. The number of guanidine groups is 1. The molecule has 1 aromatic rings. The molecular formula is C15H22ClIN4O. The summed E-state index contributed by atoms with van der Waals surface area (Å²) < 4.78 is 0. The van der Waals surface area contributed by atoms with Crippen molar-refractivity contribution in [2.45, 2.75) is 19.3 Å².